The highest BCUT2D eigenvalue weighted by Crippen LogP contribution is 2.40. The molecule has 2 aromatic carbocycles. The number of ether oxygens (including phenoxy) is 1. The first-order chi connectivity index (χ1) is 17.2. The Balaban J connectivity index is 1.40. The van der Waals surface area contributed by atoms with Gasteiger partial charge in [-0.25, -0.2) is 0 Å². The molecule has 8 heteroatoms. The number of nitrogens with one attached hydrogen (secondary N) is 3. The maximum Gasteiger partial charge on any atom is 0.251 e. The van der Waals surface area contributed by atoms with Crippen LogP contribution in [0.5, 0.6) is 5.75 Å². The van der Waals surface area contributed by atoms with Gasteiger partial charge in [-0.3, -0.25) is 19.9 Å². The van der Waals surface area contributed by atoms with E-state index in [1.165, 1.54) is 0 Å². The fourth-order valence-electron chi connectivity index (χ4n) is 5.79. The van der Waals surface area contributed by atoms with Crippen LogP contribution in [0.4, 0.5) is 0 Å². The van der Waals surface area contributed by atoms with Gasteiger partial charge in [-0.2, -0.15) is 0 Å². The molecule has 1 fully saturated rings. The Bertz CT molecular complexity index is 1200. The molecule has 36 heavy (non-hydrogen) atoms. The second kappa shape index (κ2) is 8.92. The van der Waals surface area contributed by atoms with Crippen molar-refractivity contribution >= 4 is 17.8 Å². The summed E-state index contributed by atoms with van der Waals surface area (Å²) in [5.41, 5.74) is 1.54. The average Bonchev–Trinajstić information content (AvgIpc) is 3.28. The van der Waals surface area contributed by atoms with Gasteiger partial charge < -0.3 is 20.5 Å². The number of rotatable bonds is 5. The molecule has 0 unspecified atom stereocenters. The lowest BCUT2D eigenvalue weighted by atomic mass is 9.86. The largest absolute Gasteiger partial charge is 0.490 e. The number of benzene rings is 2. The molecule has 1 aliphatic carbocycles. The number of carbonyl (C=O) groups is 2. The van der Waals surface area contributed by atoms with E-state index in [4.69, 9.17) is 10.1 Å². The van der Waals surface area contributed by atoms with Crippen LogP contribution in [-0.2, 0) is 11.2 Å². The van der Waals surface area contributed by atoms with E-state index in [2.05, 4.69) is 10.6 Å². The van der Waals surface area contributed by atoms with E-state index in [9.17, 15) is 14.7 Å². The quantitative estimate of drug-likeness (QED) is 0.511. The van der Waals surface area contributed by atoms with Crippen LogP contribution in [0.25, 0.3) is 0 Å². The van der Waals surface area contributed by atoms with E-state index in [1.807, 2.05) is 50.2 Å². The highest BCUT2D eigenvalue weighted by Gasteiger charge is 2.44. The highest BCUT2D eigenvalue weighted by atomic mass is 16.5. The molecule has 3 atom stereocenters. The molecule has 0 radical (unpaired) electrons. The summed E-state index contributed by atoms with van der Waals surface area (Å²) in [7, 11) is 0. The van der Waals surface area contributed by atoms with Gasteiger partial charge in [0, 0.05) is 16.7 Å². The number of guanidine groups is 1. The Kier molecular flexibility index (Phi) is 6.03. The molecular weight excluding hydrogens is 456 g/mol. The summed E-state index contributed by atoms with van der Waals surface area (Å²) in [5.74, 6) is 0.426. The molecule has 2 amide bonds. The Morgan fingerprint density at radius 3 is 2.69 bits per heavy atom. The van der Waals surface area contributed by atoms with Gasteiger partial charge in [0.2, 0.25) is 5.91 Å². The van der Waals surface area contributed by atoms with Crippen LogP contribution in [0, 0.1) is 5.41 Å². The molecule has 4 N–H and O–H groups in total. The molecule has 1 saturated heterocycles. The van der Waals surface area contributed by atoms with Gasteiger partial charge in [-0.15, -0.1) is 0 Å². The number of aliphatic hydroxyl groups is 1. The van der Waals surface area contributed by atoms with Gasteiger partial charge in [-0.05, 0) is 61.9 Å². The maximum atomic E-state index is 13.4. The normalized spacial score (nSPS) is 26.5. The highest BCUT2D eigenvalue weighted by molar-refractivity contribution is 6.00. The van der Waals surface area contributed by atoms with Crippen molar-refractivity contribution in [3.05, 3.63) is 64.7 Å². The van der Waals surface area contributed by atoms with E-state index in [-0.39, 0.29) is 36.0 Å². The fraction of sp³-hybridized carbons (Fsp3) is 0.464. The Morgan fingerprint density at radius 1 is 1.22 bits per heavy atom. The van der Waals surface area contributed by atoms with Crippen molar-refractivity contribution in [2.24, 2.45) is 0 Å². The monoisotopic (exact) mass is 490 g/mol. The lowest BCUT2D eigenvalue weighted by molar-refractivity contribution is -0.132. The zero-order chi connectivity index (χ0) is 25.7. The van der Waals surface area contributed by atoms with Crippen molar-refractivity contribution < 1.29 is 19.4 Å². The van der Waals surface area contributed by atoms with Crippen LogP contribution in [0.3, 0.4) is 0 Å². The smallest absolute Gasteiger partial charge is 0.251 e. The molecule has 0 bridgehead atoms. The second-order valence-electron chi connectivity index (χ2n) is 10.5. The molecule has 2 heterocycles. The number of hydrogen-bond donors (Lipinski definition) is 4. The fourth-order valence-corrected chi connectivity index (χ4v) is 5.79. The lowest BCUT2D eigenvalue weighted by Gasteiger charge is -2.44. The standard InChI is InChI=1S/C28H34N4O4/c1-4-28(5-2)15-23(33)32(26(29)31-28)21-13-12-17-10-11-18(14-20(17)21)25(34)30-24-19-8-6-7-9-22(19)36-16-27(24,3)35/h6-11,14,21,24,35H,4-5,12-13,15-16H2,1-3H3,(H2,29,31)(H,30,34)/t21-,24-,27-/m1/s1. The summed E-state index contributed by atoms with van der Waals surface area (Å²) in [6, 6.07) is 12.0. The van der Waals surface area contributed by atoms with Gasteiger partial charge in [0.25, 0.3) is 5.91 Å². The Labute approximate surface area is 211 Å². The summed E-state index contributed by atoms with van der Waals surface area (Å²) in [4.78, 5) is 28.2. The van der Waals surface area contributed by atoms with Gasteiger partial charge in [0.15, 0.2) is 5.96 Å². The van der Waals surface area contributed by atoms with E-state index < -0.39 is 11.6 Å². The third kappa shape index (κ3) is 4.03. The molecule has 190 valence electrons. The molecule has 5 rings (SSSR count). The number of nitrogens with zero attached hydrogens (tertiary/aromatic N) is 1. The predicted octanol–water partition coefficient (Wildman–Crippen LogP) is 3.60. The minimum atomic E-state index is -1.27. The van der Waals surface area contributed by atoms with Crippen molar-refractivity contribution in [1.29, 1.82) is 5.41 Å². The number of fused-ring (bicyclic) bond motifs is 2. The van der Waals surface area contributed by atoms with Crippen LogP contribution >= 0.6 is 0 Å². The minimum absolute atomic E-state index is 0.0509. The van der Waals surface area contributed by atoms with Gasteiger partial charge in [-0.1, -0.05) is 38.1 Å². The number of para-hydroxylation sites is 1. The molecule has 2 aliphatic heterocycles. The third-order valence-electron chi connectivity index (χ3n) is 8.15. The van der Waals surface area contributed by atoms with Crippen molar-refractivity contribution in [3.8, 4) is 5.75 Å². The first-order valence-corrected chi connectivity index (χ1v) is 12.7. The van der Waals surface area contributed by atoms with Crippen molar-refractivity contribution in [2.75, 3.05) is 6.61 Å². The van der Waals surface area contributed by atoms with Crippen LogP contribution < -0.4 is 15.4 Å². The third-order valence-corrected chi connectivity index (χ3v) is 8.15. The SMILES string of the molecule is CCC1(CC)CC(=O)N([C@@H]2CCc3ccc(C(=O)N[C@@H]4c5ccccc5OC[C@@]4(C)O)cc32)C(=N)N1. The number of carbonyl (C=O) groups excluding carboxylic acids is 2. The van der Waals surface area contributed by atoms with Crippen LogP contribution in [0.15, 0.2) is 42.5 Å². The summed E-state index contributed by atoms with van der Waals surface area (Å²) >= 11 is 0. The first kappa shape index (κ1) is 24.3. The minimum Gasteiger partial charge on any atom is -0.490 e. The van der Waals surface area contributed by atoms with E-state index in [0.717, 1.165) is 36.0 Å². The number of amides is 2. The molecule has 3 aliphatic rings. The molecule has 8 nitrogen and oxygen atoms in total. The van der Waals surface area contributed by atoms with Crippen LogP contribution in [-0.4, -0.2) is 45.5 Å². The van der Waals surface area contributed by atoms with E-state index >= 15 is 0 Å². The first-order valence-electron chi connectivity index (χ1n) is 12.7. The van der Waals surface area contributed by atoms with Crippen LogP contribution in [0.2, 0.25) is 0 Å². The van der Waals surface area contributed by atoms with Gasteiger partial charge in [0.05, 0.1) is 18.5 Å². The maximum absolute atomic E-state index is 13.4. The summed E-state index contributed by atoms with van der Waals surface area (Å²) in [5, 5.41) is 25.9. The molecular formula is C28H34N4O4. The molecule has 0 spiro atoms. The lowest BCUT2D eigenvalue weighted by Crippen LogP contribution is -2.62. The Morgan fingerprint density at radius 2 is 1.97 bits per heavy atom. The summed E-state index contributed by atoms with van der Waals surface area (Å²) < 4.78 is 5.68. The van der Waals surface area contributed by atoms with Crippen molar-refractivity contribution in [2.45, 2.75) is 76.1 Å². The second-order valence-corrected chi connectivity index (χ2v) is 10.5. The summed E-state index contributed by atoms with van der Waals surface area (Å²) in [6.45, 7) is 5.80. The van der Waals surface area contributed by atoms with Gasteiger partial charge >= 0.3 is 0 Å². The molecule has 2 aromatic rings. The topological polar surface area (TPSA) is 115 Å². The molecule has 0 aromatic heterocycles. The van der Waals surface area contributed by atoms with E-state index in [1.54, 1.807) is 17.9 Å². The average molecular weight is 491 g/mol. The Hall–Kier alpha value is -3.39. The number of aryl methyl sites for hydroxylation is 1. The van der Waals surface area contributed by atoms with Gasteiger partial charge in [0.1, 0.15) is 18.0 Å². The van der Waals surface area contributed by atoms with Crippen LogP contribution in [0.1, 0.15) is 85.6 Å². The number of hydrogen-bond acceptors (Lipinski definition) is 5. The van der Waals surface area contributed by atoms with Crippen molar-refractivity contribution in [1.82, 2.24) is 15.5 Å². The molecule has 0 saturated carbocycles. The predicted molar refractivity (Wildman–Crippen MR) is 136 cm³/mol. The van der Waals surface area contributed by atoms with Crippen molar-refractivity contribution in [3.63, 3.8) is 0 Å². The van der Waals surface area contributed by atoms with E-state index in [0.29, 0.717) is 24.2 Å². The zero-order valence-electron chi connectivity index (χ0n) is 21.1. The zero-order valence-corrected chi connectivity index (χ0v) is 21.1. The summed E-state index contributed by atoms with van der Waals surface area (Å²) in [6.07, 6.45) is 3.40.